The molecule has 100 valence electrons. The number of rotatable bonds is 6. The Labute approximate surface area is 111 Å². The molecule has 0 aliphatic rings. The van der Waals surface area contributed by atoms with Gasteiger partial charge in [-0.25, -0.2) is 0 Å². The molecule has 19 heavy (non-hydrogen) atoms. The van der Waals surface area contributed by atoms with E-state index < -0.39 is 0 Å². The van der Waals surface area contributed by atoms with Crippen molar-refractivity contribution in [2.75, 3.05) is 26.1 Å². The number of benzene rings is 1. The van der Waals surface area contributed by atoms with E-state index in [0.29, 0.717) is 30.7 Å². The number of para-hydroxylation sites is 1. The Hall–Kier alpha value is -2.43. The van der Waals surface area contributed by atoms with E-state index in [9.17, 15) is 0 Å². The normalized spacial score (nSPS) is 9.95. The second-order valence-corrected chi connectivity index (χ2v) is 3.76. The Kier molecular flexibility index (Phi) is 4.44. The fraction of sp³-hybridized carbons (Fsp3) is 0.214. The van der Waals surface area contributed by atoms with Crippen LogP contribution in [0.1, 0.15) is 0 Å². The molecule has 1 heterocycles. The van der Waals surface area contributed by atoms with Gasteiger partial charge < -0.3 is 19.9 Å². The van der Waals surface area contributed by atoms with Gasteiger partial charge in [-0.05, 0) is 18.2 Å². The summed E-state index contributed by atoms with van der Waals surface area (Å²) >= 11 is 0. The Morgan fingerprint density at radius 3 is 2.47 bits per heavy atom. The van der Waals surface area contributed by atoms with Gasteiger partial charge in [0.1, 0.15) is 19.0 Å². The second kappa shape index (κ2) is 6.49. The fourth-order valence-corrected chi connectivity index (χ4v) is 1.50. The lowest BCUT2D eigenvalue weighted by molar-refractivity contribution is 0.210. The third kappa shape index (κ3) is 3.77. The highest BCUT2D eigenvalue weighted by Gasteiger charge is 2.03. The van der Waals surface area contributed by atoms with Crippen molar-refractivity contribution < 1.29 is 14.2 Å². The quantitative estimate of drug-likeness (QED) is 0.806. The summed E-state index contributed by atoms with van der Waals surface area (Å²) < 4.78 is 16.0. The molecule has 0 spiro atoms. The van der Waals surface area contributed by atoms with Gasteiger partial charge >= 0.3 is 0 Å². The van der Waals surface area contributed by atoms with Crippen molar-refractivity contribution in [3.63, 3.8) is 0 Å². The highest BCUT2D eigenvalue weighted by Crippen LogP contribution is 2.21. The van der Waals surface area contributed by atoms with Crippen molar-refractivity contribution in [2.45, 2.75) is 0 Å². The minimum Gasteiger partial charge on any atom is -0.490 e. The molecule has 1 aromatic carbocycles. The van der Waals surface area contributed by atoms with Crippen LogP contribution in [-0.4, -0.2) is 25.3 Å². The van der Waals surface area contributed by atoms with Gasteiger partial charge in [0.25, 0.3) is 0 Å². The van der Waals surface area contributed by atoms with Gasteiger partial charge in [0.2, 0.25) is 11.8 Å². The SMILES string of the molecule is COc1nc(OCCOc2ccccc2)ccc1N. The summed E-state index contributed by atoms with van der Waals surface area (Å²) in [5, 5.41) is 0. The molecule has 0 atom stereocenters. The summed E-state index contributed by atoms with van der Waals surface area (Å²) in [7, 11) is 1.51. The number of anilines is 1. The topological polar surface area (TPSA) is 66.6 Å². The van der Waals surface area contributed by atoms with Gasteiger partial charge in [0.05, 0.1) is 12.8 Å². The van der Waals surface area contributed by atoms with Crippen LogP contribution in [0.15, 0.2) is 42.5 Å². The van der Waals surface area contributed by atoms with Gasteiger partial charge in [0.15, 0.2) is 0 Å². The van der Waals surface area contributed by atoms with E-state index in [1.54, 1.807) is 12.1 Å². The highest BCUT2D eigenvalue weighted by atomic mass is 16.5. The van der Waals surface area contributed by atoms with E-state index in [-0.39, 0.29) is 0 Å². The molecule has 0 aliphatic heterocycles. The van der Waals surface area contributed by atoms with Crippen LogP contribution in [0, 0.1) is 0 Å². The van der Waals surface area contributed by atoms with Crippen molar-refractivity contribution >= 4 is 5.69 Å². The monoisotopic (exact) mass is 260 g/mol. The number of pyridine rings is 1. The summed E-state index contributed by atoms with van der Waals surface area (Å²) in [6.07, 6.45) is 0. The molecule has 2 aromatic rings. The average molecular weight is 260 g/mol. The zero-order chi connectivity index (χ0) is 13.5. The predicted molar refractivity (Wildman–Crippen MR) is 72.6 cm³/mol. The zero-order valence-corrected chi connectivity index (χ0v) is 10.7. The molecular formula is C14H16N2O3. The summed E-state index contributed by atoms with van der Waals surface area (Å²) in [5.41, 5.74) is 6.14. The fourth-order valence-electron chi connectivity index (χ4n) is 1.50. The van der Waals surface area contributed by atoms with Crippen LogP contribution in [0.2, 0.25) is 0 Å². The number of nitrogen functional groups attached to an aromatic ring is 1. The van der Waals surface area contributed by atoms with Crippen molar-refractivity contribution in [3.8, 4) is 17.5 Å². The second-order valence-electron chi connectivity index (χ2n) is 3.76. The Morgan fingerprint density at radius 1 is 1.00 bits per heavy atom. The molecule has 0 aliphatic carbocycles. The summed E-state index contributed by atoms with van der Waals surface area (Å²) in [6, 6.07) is 13.0. The minimum atomic E-state index is 0.362. The number of nitrogens with two attached hydrogens (primary N) is 1. The van der Waals surface area contributed by atoms with E-state index in [1.807, 2.05) is 30.3 Å². The number of ether oxygens (including phenoxy) is 3. The average Bonchev–Trinajstić information content (AvgIpc) is 2.46. The van der Waals surface area contributed by atoms with Gasteiger partial charge in [-0.1, -0.05) is 18.2 Å². The van der Waals surface area contributed by atoms with E-state index in [0.717, 1.165) is 5.75 Å². The maximum Gasteiger partial charge on any atom is 0.240 e. The van der Waals surface area contributed by atoms with Crippen LogP contribution >= 0.6 is 0 Å². The third-order valence-corrected chi connectivity index (χ3v) is 2.40. The molecule has 2 N–H and O–H groups in total. The largest absolute Gasteiger partial charge is 0.490 e. The molecule has 2 rings (SSSR count). The maximum absolute atomic E-state index is 5.66. The number of hydrogen-bond acceptors (Lipinski definition) is 5. The highest BCUT2D eigenvalue weighted by molar-refractivity contribution is 5.49. The lowest BCUT2D eigenvalue weighted by atomic mass is 10.3. The third-order valence-electron chi connectivity index (χ3n) is 2.40. The molecule has 5 heteroatoms. The first-order valence-corrected chi connectivity index (χ1v) is 5.91. The Bertz CT molecular complexity index is 517. The molecule has 0 bridgehead atoms. The van der Waals surface area contributed by atoms with Gasteiger partial charge in [-0.3, -0.25) is 0 Å². The van der Waals surface area contributed by atoms with Gasteiger partial charge in [-0.2, -0.15) is 4.98 Å². The molecule has 0 amide bonds. The van der Waals surface area contributed by atoms with E-state index >= 15 is 0 Å². The first-order chi connectivity index (χ1) is 9.29. The molecule has 0 radical (unpaired) electrons. The number of aromatic nitrogens is 1. The van der Waals surface area contributed by atoms with Crippen LogP contribution in [0.3, 0.4) is 0 Å². The molecular weight excluding hydrogens is 244 g/mol. The predicted octanol–water partition coefficient (Wildman–Crippen LogP) is 2.13. The Morgan fingerprint density at radius 2 is 1.74 bits per heavy atom. The van der Waals surface area contributed by atoms with Crippen molar-refractivity contribution in [2.24, 2.45) is 0 Å². The molecule has 1 aromatic heterocycles. The summed E-state index contributed by atoms with van der Waals surface area (Å²) in [6.45, 7) is 0.841. The Balaban J connectivity index is 1.80. The molecule has 0 fully saturated rings. The van der Waals surface area contributed by atoms with Crippen molar-refractivity contribution in [1.29, 1.82) is 0 Å². The maximum atomic E-state index is 5.66. The lowest BCUT2D eigenvalue weighted by Gasteiger charge is -2.09. The first kappa shape index (κ1) is 13.0. The zero-order valence-electron chi connectivity index (χ0n) is 10.7. The molecule has 0 saturated carbocycles. The molecule has 0 saturated heterocycles. The summed E-state index contributed by atoms with van der Waals surface area (Å²) in [4.78, 5) is 4.11. The van der Waals surface area contributed by atoms with Crippen LogP contribution in [0.25, 0.3) is 0 Å². The van der Waals surface area contributed by atoms with Crippen LogP contribution in [-0.2, 0) is 0 Å². The van der Waals surface area contributed by atoms with E-state index in [2.05, 4.69) is 4.98 Å². The first-order valence-electron chi connectivity index (χ1n) is 5.91. The van der Waals surface area contributed by atoms with Crippen LogP contribution < -0.4 is 19.9 Å². The van der Waals surface area contributed by atoms with E-state index in [4.69, 9.17) is 19.9 Å². The van der Waals surface area contributed by atoms with Crippen molar-refractivity contribution in [1.82, 2.24) is 4.98 Å². The van der Waals surface area contributed by atoms with Crippen LogP contribution in [0.4, 0.5) is 5.69 Å². The smallest absolute Gasteiger partial charge is 0.240 e. The van der Waals surface area contributed by atoms with E-state index in [1.165, 1.54) is 7.11 Å². The number of methoxy groups -OCH3 is 1. The number of nitrogens with zero attached hydrogens (tertiary/aromatic N) is 1. The summed E-state index contributed by atoms with van der Waals surface area (Å²) in [5.74, 6) is 1.64. The minimum absolute atomic E-state index is 0.362. The van der Waals surface area contributed by atoms with Crippen molar-refractivity contribution in [3.05, 3.63) is 42.5 Å². The lowest BCUT2D eigenvalue weighted by Crippen LogP contribution is -2.10. The molecule has 0 unspecified atom stereocenters. The van der Waals surface area contributed by atoms with Gasteiger partial charge in [0, 0.05) is 6.07 Å². The standard InChI is InChI=1S/C14H16N2O3/c1-17-14-12(15)7-8-13(16-14)19-10-9-18-11-5-3-2-4-6-11/h2-8H,9-10,15H2,1H3. The molecule has 5 nitrogen and oxygen atoms in total. The van der Waals surface area contributed by atoms with Gasteiger partial charge in [-0.15, -0.1) is 0 Å². The van der Waals surface area contributed by atoms with Crippen LogP contribution in [0.5, 0.6) is 17.5 Å². The number of hydrogen-bond donors (Lipinski definition) is 1.